The van der Waals surface area contributed by atoms with E-state index in [1.54, 1.807) is 32.0 Å². The van der Waals surface area contributed by atoms with Gasteiger partial charge in [0.2, 0.25) is 21.8 Å². The van der Waals surface area contributed by atoms with E-state index in [0.29, 0.717) is 25.2 Å². The van der Waals surface area contributed by atoms with Gasteiger partial charge in [-0.2, -0.15) is 4.31 Å². The highest BCUT2D eigenvalue weighted by atomic mass is 32.2. The Morgan fingerprint density at radius 1 is 1.06 bits per heavy atom. The zero-order valence-electron chi connectivity index (χ0n) is 21.1. The van der Waals surface area contributed by atoms with Gasteiger partial charge < -0.3 is 10.2 Å². The number of anilines is 3. The van der Waals surface area contributed by atoms with Gasteiger partial charge in [-0.1, -0.05) is 31.5 Å². The van der Waals surface area contributed by atoms with Crippen molar-refractivity contribution >= 4 is 38.9 Å². The molecule has 35 heavy (non-hydrogen) atoms. The van der Waals surface area contributed by atoms with E-state index in [1.807, 2.05) is 37.8 Å². The number of amides is 2. The van der Waals surface area contributed by atoms with Crippen molar-refractivity contribution in [2.75, 3.05) is 41.3 Å². The van der Waals surface area contributed by atoms with Gasteiger partial charge in [-0.25, -0.2) is 8.42 Å². The average Bonchev–Trinajstić information content (AvgIpc) is 3.29. The molecule has 2 aliphatic rings. The van der Waals surface area contributed by atoms with Gasteiger partial charge in [0.15, 0.2) is 0 Å². The Morgan fingerprint density at radius 3 is 2.34 bits per heavy atom. The Kier molecular flexibility index (Phi) is 6.92. The summed E-state index contributed by atoms with van der Waals surface area (Å²) in [5.41, 5.74) is 5.02. The summed E-state index contributed by atoms with van der Waals surface area (Å²) in [6, 6.07) is 8.61. The van der Waals surface area contributed by atoms with Crippen LogP contribution in [0.25, 0.3) is 0 Å². The number of nitrogens with zero attached hydrogens (tertiary/aromatic N) is 3. The third kappa shape index (κ3) is 4.54. The average molecular weight is 499 g/mol. The molecule has 0 unspecified atom stereocenters. The predicted molar refractivity (Wildman–Crippen MR) is 139 cm³/mol. The molecule has 188 valence electrons. The topological polar surface area (TPSA) is 90.0 Å². The molecule has 0 aliphatic carbocycles. The molecule has 0 aromatic heterocycles. The molecule has 0 radical (unpaired) electrons. The number of carbonyl (C=O) groups excluding carboxylic acids is 2. The summed E-state index contributed by atoms with van der Waals surface area (Å²) in [6.07, 6.45) is 1.59. The van der Waals surface area contributed by atoms with E-state index in [0.717, 1.165) is 41.0 Å². The van der Waals surface area contributed by atoms with Gasteiger partial charge in [0.1, 0.15) is 12.6 Å². The van der Waals surface area contributed by atoms with E-state index >= 15 is 0 Å². The smallest absolute Gasteiger partial charge is 0.250 e. The molecule has 2 aromatic rings. The first-order valence-electron chi connectivity index (χ1n) is 12.2. The Bertz CT molecular complexity index is 1250. The number of nitrogens with one attached hydrogen (secondary N) is 1. The number of aryl methyl sites for hydroxylation is 3. The fraction of sp³-hybridized carbons (Fsp3) is 0.462. The highest BCUT2D eigenvalue weighted by Gasteiger charge is 2.42. The molecule has 9 heteroatoms. The van der Waals surface area contributed by atoms with Gasteiger partial charge in [-0.05, 0) is 62.9 Å². The van der Waals surface area contributed by atoms with Crippen molar-refractivity contribution in [3.05, 3.63) is 47.0 Å². The van der Waals surface area contributed by atoms with Crippen molar-refractivity contribution in [2.24, 2.45) is 0 Å². The van der Waals surface area contributed by atoms with Crippen molar-refractivity contribution in [3.63, 3.8) is 0 Å². The number of hydrogen-bond donors (Lipinski definition) is 1. The van der Waals surface area contributed by atoms with Gasteiger partial charge >= 0.3 is 0 Å². The van der Waals surface area contributed by atoms with Crippen LogP contribution in [0.4, 0.5) is 17.1 Å². The molecule has 2 heterocycles. The van der Waals surface area contributed by atoms with Crippen LogP contribution in [0.5, 0.6) is 0 Å². The molecular formula is C26H34N4O4S. The second-order valence-corrected chi connectivity index (χ2v) is 11.3. The van der Waals surface area contributed by atoms with Gasteiger partial charge in [0.25, 0.3) is 0 Å². The van der Waals surface area contributed by atoms with E-state index in [1.165, 1.54) is 9.21 Å². The summed E-state index contributed by atoms with van der Waals surface area (Å²) in [4.78, 5) is 30.3. The molecule has 1 fully saturated rings. The lowest BCUT2D eigenvalue weighted by molar-refractivity contribution is -0.122. The second-order valence-electron chi connectivity index (χ2n) is 9.34. The third-order valence-corrected chi connectivity index (χ3v) is 8.98. The molecule has 1 N–H and O–H groups in total. The van der Waals surface area contributed by atoms with Crippen LogP contribution in [-0.4, -0.2) is 56.8 Å². The summed E-state index contributed by atoms with van der Waals surface area (Å²) >= 11 is 0. The Morgan fingerprint density at radius 2 is 1.71 bits per heavy atom. The highest BCUT2D eigenvalue weighted by molar-refractivity contribution is 7.89. The predicted octanol–water partition coefficient (Wildman–Crippen LogP) is 3.60. The van der Waals surface area contributed by atoms with Crippen LogP contribution in [0.15, 0.2) is 35.2 Å². The first-order valence-corrected chi connectivity index (χ1v) is 13.6. The first kappa shape index (κ1) is 25.2. The standard InChI is InChI=1S/C26H34N4O4S/c1-6-28(7-2)35(33,34)20-10-11-21-23(15-20)30(26(32)22-9-8-12-29(21)22)16-24(31)27-25-18(4)13-17(3)14-19(25)5/h10-11,13-15,22H,6-9,12,16H2,1-5H3,(H,27,31)/t22-/m0/s1. The minimum Gasteiger partial charge on any atom is -0.358 e. The number of rotatable bonds is 7. The summed E-state index contributed by atoms with van der Waals surface area (Å²) in [6.45, 7) is 10.7. The molecule has 0 saturated carbocycles. The number of benzene rings is 2. The van der Waals surface area contributed by atoms with Crippen molar-refractivity contribution in [1.29, 1.82) is 0 Å². The number of hydrogen-bond acceptors (Lipinski definition) is 5. The van der Waals surface area contributed by atoms with Crippen LogP contribution in [0.3, 0.4) is 0 Å². The molecule has 8 nitrogen and oxygen atoms in total. The maximum atomic E-state index is 13.5. The zero-order valence-corrected chi connectivity index (χ0v) is 21.9. The maximum absolute atomic E-state index is 13.5. The molecular weight excluding hydrogens is 464 g/mol. The summed E-state index contributed by atoms with van der Waals surface area (Å²) in [7, 11) is -3.71. The Hall–Kier alpha value is -2.91. The largest absolute Gasteiger partial charge is 0.358 e. The molecule has 2 aromatic carbocycles. The number of fused-ring (bicyclic) bond motifs is 3. The molecule has 2 aliphatic heterocycles. The fourth-order valence-corrected chi connectivity index (χ4v) is 6.79. The quantitative estimate of drug-likeness (QED) is 0.630. The van der Waals surface area contributed by atoms with Crippen molar-refractivity contribution in [1.82, 2.24) is 4.31 Å². The lowest BCUT2D eigenvalue weighted by Crippen LogP contribution is -2.52. The monoisotopic (exact) mass is 498 g/mol. The molecule has 4 rings (SSSR count). The minimum atomic E-state index is -3.71. The second kappa shape index (κ2) is 9.62. The van der Waals surface area contributed by atoms with E-state index in [4.69, 9.17) is 0 Å². The highest BCUT2D eigenvalue weighted by Crippen LogP contribution is 2.41. The van der Waals surface area contributed by atoms with Crippen LogP contribution in [-0.2, 0) is 19.6 Å². The summed E-state index contributed by atoms with van der Waals surface area (Å²) in [5.74, 6) is -0.484. The van der Waals surface area contributed by atoms with Crippen LogP contribution in [0.1, 0.15) is 43.4 Å². The Labute approximate surface area is 207 Å². The SMILES string of the molecule is CCN(CC)S(=O)(=O)c1ccc2c(c1)N(CC(=O)Nc1c(C)cc(C)cc1C)C(=O)[C@@H]1CCCN21. The lowest BCUT2D eigenvalue weighted by Gasteiger charge is -2.39. The van der Waals surface area contributed by atoms with Crippen molar-refractivity contribution in [3.8, 4) is 0 Å². The van der Waals surface area contributed by atoms with E-state index < -0.39 is 10.0 Å². The molecule has 1 atom stereocenters. The van der Waals surface area contributed by atoms with E-state index in [9.17, 15) is 18.0 Å². The first-order chi connectivity index (χ1) is 16.6. The van der Waals surface area contributed by atoms with Gasteiger partial charge in [-0.15, -0.1) is 0 Å². The zero-order chi connectivity index (χ0) is 25.5. The molecule has 0 bridgehead atoms. The van der Waals surface area contributed by atoms with Gasteiger partial charge in [0, 0.05) is 25.3 Å². The summed E-state index contributed by atoms with van der Waals surface area (Å²) in [5, 5.41) is 2.97. The maximum Gasteiger partial charge on any atom is 0.250 e. The minimum absolute atomic E-state index is 0.126. The van der Waals surface area contributed by atoms with Crippen LogP contribution < -0.4 is 15.1 Å². The number of sulfonamides is 1. The van der Waals surface area contributed by atoms with Crippen LogP contribution >= 0.6 is 0 Å². The van der Waals surface area contributed by atoms with Gasteiger partial charge in [-0.3, -0.25) is 14.5 Å². The lowest BCUT2D eigenvalue weighted by atomic mass is 10.0. The van der Waals surface area contributed by atoms with Crippen molar-refractivity contribution in [2.45, 2.75) is 58.4 Å². The van der Waals surface area contributed by atoms with Gasteiger partial charge in [0.05, 0.1) is 16.3 Å². The van der Waals surface area contributed by atoms with Crippen molar-refractivity contribution < 1.29 is 18.0 Å². The van der Waals surface area contributed by atoms with Crippen LogP contribution in [0.2, 0.25) is 0 Å². The molecule has 2 amide bonds. The summed E-state index contributed by atoms with van der Waals surface area (Å²) < 4.78 is 27.8. The third-order valence-electron chi connectivity index (χ3n) is 6.94. The fourth-order valence-electron chi connectivity index (χ4n) is 5.31. The molecule has 1 saturated heterocycles. The number of carbonyl (C=O) groups is 2. The Balaban J connectivity index is 1.71. The normalized spacial score (nSPS) is 17.5. The molecule has 0 spiro atoms. The van der Waals surface area contributed by atoms with E-state index in [2.05, 4.69) is 5.32 Å². The van der Waals surface area contributed by atoms with Crippen LogP contribution in [0, 0.1) is 20.8 Å². The van der Waals surface area contributed by atoms with E-state index in [-0.39, 0.29) is 29.3 Å².